The van der Waals surface area contributed by atoms with Crippen LogP contribution in [0.1, 0.15) is 22.8 Å². The van der Waals surface area contributed by atoms with Crippen LogP contribution in [0.2, 0.25) is 0 Å². The van der Waals surface area contributed by atoms with Gasteiger partial charge in [0.25, 0.3) is 5.91 Å². The van der Waals surface area contributed by atoms with Gasteiger partial charge in [0.2, 0.25) is 15.9 Å². The van der Waals surface area contributed by atoms with Crippen molar-refractivity contribution in [3.05, 3.63) is 58.1 Å². The molecule has 2 aromatic carbocycles. The number of anilines is 1. The molecule has 0 spiro atoms. The van der Waals surface area contributed by atoms with E-state index in [1.165, 1.54) is 23.4 Å². The number of hydrogen-bond donors (Lipinski definition) is 0. The van der Waals surface area contributed by atoms with Gasteiger partial charge < -0.3 is 9.80 Å². The van der Waals surface area contributed by atoms with Gasteiger partial charge in [0, 0.05) is 55.4 Å². The molecule has 2 aliphatic heterocycles. The summed E-state index contributed by atoms with van der Waals surface area (Å²) in [5.74, 6) is -0.194. The molecule has 2 heterocycles. The molecular weight excluding hydrogens is 470 g/mol. The molecule has 9 heteroatoms. The van der Waals surface area contributed by atoms with E-state index in [9.17, 15) is 18.0 Å². The number of carbonyl (C=O) groups excluding carboxylic acids is 2. The third-order valence-corrected chi connectivity index (χ3v) is 8.01. The number of nitrogens with zero attached hydrogens (tertiary/aromatic N) is 3. The standard InChI is InChI=1S/C21H22BrN3O4S/c1-15(26)23-10-12-24(13-11-23)30(28,29)19-5-2-16(3-6-19)21(27)25-9-8-17-14-18(22)4-7-20(17)25/h2-7,14H,8-13H2,1H3. The summed E-state index contributed by atoms with van der Waals surface area (Å²) in [5, 5.41) is 0. The van der Waals surface area contributed by atoms with E-state index in [0.29, 0.717) is 25.2 Å². The number of amides is 2. The molecule has 1 saturated heterocycles. The predicted molar refractivity (Wildman–Crippen MR) is 117 cm³/mol. The molecule has 1 fully saturated rings. The van der Waals surface area contributed by atoms with Crippen molar-refractivity contribution in [3.63, 3.8) is 0 Å². The average Bonchev–Trinajstić information content (AvgIpc) is 3.16. The fourth-order valence-electron chi connectivity index (χ4n) is 3.90. The van der Waals surface area contributed by atoms with Crippen LogP contribution in [0.25, 0.3) is 0 Å². The van der Waals surface area contributed by atoms with E-state index < -0.39 is 10.0 Å². The van der Waals surface area contributed by atoms with Crippen LogP contribution < -0.4 is 4.90 Å². The van der Waals surface area contributed by atoms with Crippen molar-refractivity contribution in [1.29, 1.82) is 0 Å². The monoisotopic (exact) mass is 491 g/mol. The second-order valence-corrected chi connectivity index (χ2v) is 10.3. The zero-order chi connectivity index (χ0) is 21.5. The zero-order valence-corrected chi connectivity index (χ0v) is 18.9. The summed E-state index contributed by atoms with van der Waals surface area (Å²) < 4.78 is 28.2. The summed E-state index contributed by atoms with van der Waals surface area (Å²) in [7, 11) is -3.66. The molecule has 2 amide bonds. The van der Waals surface area contributed by atoms with Gasteiger partial charge in [0.1, 0.15) is 0 Å². The molecule has 4 rings (SSSR count). The number of benzene rings is 2. The van der Waals surface area contributed by atoms with Crippen molar-refractivity contribution in [1.82, 2.24) is 9.21 Å². The van der Waals surface area contributed by atoms with Gasteiger partial charge in [-0.15, -0.1) is 0 Å². The van der Waals surface area contributed by atoms with Gasteiger partial charge >= 0.3 is 0 Å². The molecular formula is C21H22BrN3O4S. The lowest BCUT2D eigenvalue weighted by atomic mass is 10.1. The molecule has 0 aromatic heterocycles. The SMILES string of the molecule is CC(=O)N1CCN(S(=O)(=O)c2ccc(C(=O)N3CCc4cc(Br)ccc43)cc2)CC1. The first kappa shape index (κ1) is 21.0. The zero-order valence-electron chi connectivity index (χ0n) is 16.5. The Hall–Kier alpha value is -2.23. The molecule has 0 bridgehead atoms. The number of carbonyl (C=O) groups is 2. The number of fused-ring (bicyclic) bond motifs is 1. The fraction of sp³-hybridized carbons (Fsp3) is 0.333. The van der Waals surface area contributed by atoms with Crippen LogP contribution in [0.4, 0.5) is 5.69 Å². The molecule has 2 aromatic rings. The second-order valence-electron chi connectivity index (χ2n) is 7.41. The first-order valence-electron chi connectivity index (χ1n) is 9.73. The van der Waals surface area contributed by atoms with Crippen molar-refractivity contribution in [2.24, 2.45) is 0 Å². The van der Waals surface area contributed by atoms with Crippen LogP contribution >= 0.6 is 15.9 Å². The Bertz CT molecular complexity index is 1090. The van der Waals surface area contributed by atoms with E-state index in [4.69, 9.17) is 0 Å². The number of rotatable bonds is 3. The van der Waals surface area contributed by atoms with Crippen LogP contribution in [0.15, 0.2) is 51.8 Å². The minimum Gasteiger partial charge on any atom is -0.340 e. The van der Waals surface area contributed by atoms with E-state index in [1.54, 1.807) is 21.9 Å². The van der Waals surface area contributed by atoms with Gasteiger partial charge in [0.15, 0.2) is 0 Å². The summed E-state index contributed by atoms with van der Waals surface area (Å²) in [5.41, 5.74) is 2.45. The molecule has 0 saturated carbocycles. The van der Waals surface area contributed by atoms with Gasteiger partial charge in [-0.3, -0.25) is 9.59 Å². The molecule has 0 unspecified atom stereocenters. The predicted octanol–water partition coefficient (Wildman–Crippen LogP) is 2.50. The number of halogens is 1. The van der Waals surface area contributed by atoms with Gasteiger partial charge in [0.05, 0.1) is 4.90 Å². The van der Waals surface area contributed by atoms with Gasteiger partial charge in [-0.05, 0) is 54.4 Å². The Morgan fingerprint density at radius 1 is 0.933 bits per heavy atom. The number of sulfonamides is 1. The maximum absolute atomic E-state index is 13.0. The minimum absolute atomic E-state index is 0.0502. The summed E-state index contributed by atoms with van der Waals surface area (Å²) in [6.07, 6.45) is 0.791. The maximum Gasteiger partial charge on any atom is 0.258 e. The van der Waals surface area contributed by atoms with Crippen molar-refractivity contribution < 1.29 is 18.0 Å². The van der Waals surface area contributed by atoms with Crippen molar-refractivity contribution >= 4 is 43.5 Å². The molecule has 158 valence electrons. The van der Waals surface area contributed by atoms with E-state index in [-0.39, 0.29) is 29.8 Å². The van der Waals surface area contributed by atoms with Gasteiger partial charge in [-0.1, -0.05) is 15.9 Å². The Morgan fingerprint density at radius 2 is 1.60 bits per heavy atom. The highest BCUT2D eigenvalue weighted by Crippen LogP contribution is 2.31. The molecule has 0 N–H and O–H groups in total. The van der Waals surface area contributed by atoms with Gasteiger partial charge in [-0.25, -0.2) is 8.42 Å². The molecule has 30 heavy (non-hydrogen) atoms. The number of piperazine rings is 1. The first-order chi connectivity index (χ1) is 14.3. The van der Waals surface area contributed by atoms with Crippen molar-refractivity contribution in [3.8, 4) is 0 Å². The lowest BCUT2D eigenvalue weighted by Gasteiger charge is -2.33. The summed E-state index contributed by atoms with van der Waals surface area (Å²) >= 11 is 3.45. The largest absolute Gasteiger partial charge is 0.340 e. The van der Waals surface area contributed by atoms with Crippen molar-refractivity contribution in [2.75, 3.05) is 37.6 Å². The second kappa shape index (κ2) is 8.13. The minimum atomic E-state index is -3.66. The topological polar surface area (TPSA) is 78.0 Å². The summed E-state index contributed by atoms with van der Waals surface area (Å²) in [4.78, 5) is 27.9. The normalized spacial score (nSPS) is 17.1. The maximum atomic E-state index is 13.0. The highest BCUT2D eigenvalue weighted by Gasteiger charge is 2.30. The molecule has 7 nitrogen and oxygen atoms in total. The van der Waals surface area contributed by atoms with Crippen molar-refractivity contribution in [2.45, 2.75) is 18.2 Å². The van der Waals surface area contributed by atoms with Crippen LogP contribution in [-0.4, -0.2) is 62.2 Å². The first-order valence-corrected chi connectivity index (χ1v) is 12.0. The molecule has 2 aliphatic rings. The average molecular weight is 492 g/mol. The van der Waals surface area contributed by atoms with E-state index in [1.807, 2.05) is 18.2 Å². The van der Waals surface area contributed by atoms with Crippen LogP contribution in [0, 0.1) is 0 Å². The van der Waals surface area contributed by atoms with E-state index >= 15 is 0 Å². The molecule has 0 radical (unpaired) electrons. The third-order valence-electron chi connectivity index (χ3n) is 5.61. The van der Waals surface area contributed by atoms with E-state index in [0.717, 1.165) is 22.1 Å². The molecule has 0 aliphatic carbocycles. The lowest BCUT2D eigenvalue weighted by molar-refractivity contribution is -0.129. The smallest absolute Gasteiger partial charge is 0.258 e. The Labute approximate surface area is 184 Å². The van der Waals surface area contributed by atoms with Crippen LogP contribution in [0.3, 0.4) is 0 Å². The summed E-state index contributed by atoms with van der Waals surface area (Å²) in [6.45, 7) is 3.39. The van der Waals surface area contributed by atoms with Crippen LogP contribution in [-0.2, 0) is 21.2 Å². The third kappa shape index (κ3) is 3.89. The number of hydrogen-bond acceptors (Lipinski definition) is 4. The Balaban J connectivity index is 1.49. The quantitative estimate of drug-likeness (QED) is 0.660. The van der Waals surface area contributed by atoms with E-state index in [2.05, 4.69) is 15.9 Å². The fourth-order valence-corrected chi connectivity index (χ4v) is 5.73. The highest BCUT2D eigenvalue weighted by molar-refractivity contribution is 9.10. The van der Waals surface area contributed by atoms with Crippen LogP contribution in [0.5, 0.6) is 0 Å². The lowest BCUT2D eigenvalue weighted by Crippen LogP contribution is -2.49. The Kier molecular flexibility index (Phi) is 5.69. The summed E-state index contributed by atoms with van der Waals surface area (Å²) in [6, 6.07) is 12.0. The highest BCUT2D eigenvalue weighted by atomic mass is 79.9. The van der Waals surface area contributed by atoms with Gasteiger partial charge in [-0.2, -0.15) is 4.31 Å². The Morgan fingerprint density at radius 3 is 2.23 bits per heavy atom. The molecule has 0 atom stereocenters.